The van der Waals surface area contributed by atoms with Crippen LogP contribution in [0.25, 0.3) is 0 Å². The molecule has 0 aromatic heterocycles. The molecule has 0 atom stereocenters. The van der Waals surface area contributed by atoms with Crippen molar-refractivity contribution in [2.45, 2.75) is 6.54 Å². The third-order valence-corrected chi connectivity index (χ3v) is 3.94. The molecule has 0 unspecified atom stereocenters. The van der Waals surface area contributed by atoms with Gasteiger partial charge in [0.05, 0.1) is 14.2 Å². The minimum absolute atomic E-state index is 0.835. The molecule has 1 aliphatic heterocycles. The average molecular weight is 293 g/mol. The third-order valence-electron chi connectivity index (χ3n) is 3.94. The highest BCUT2D eigenvalue weighted by Gasteiger charge is 2.12. The molecule has 1 aromatic rings. The SMILES string of the molecule is COc1cc(CNCCN2CCN(C)CC2)cc(OC)c1. The number of hydrogen-bond acceptors (Lipinski definition) is 5. The minimum Gasteiger partial charge on any atom is -0.497 e. The van der Waals surface area contributed by atoms with Gasteiger partial charge in [0.1, 0.15) is 11.5 Å². The van der Waals surface area contributed by atoms with E-state index in [9.17, 15) is 0 Å². The molecule has 0 radical (unpaired) electrons. The number of nitrogens with zero attached hydrogens (tertiary/aromatic N) is 2. The van der Waals surface area contributed by atoms with Crippen molar-refractivity contribution in [2.75, 3.05) is 60.5 Å². The topological polar surface area (TPSA) is 37.0 Å². The van der Waals surface area contributed by atoms with E-state index in [1.54, 1.807) is 14.2 Å². The first kappa shape index (κ1) is 16.1. The van der Waals surface area contributed by atoms with Gasteiger partial charge in [0.15, 0.2) is 0 Å². The van der Waals surface area contributed by atoms with Crippen molar-refractivity contribution in [2.24, 2.45) is 0 Å². The normalized spacial score (nSPS) is 16.9. The van der Waals surface area contributed by atoms with Crippen molar-refractivity contribution in [1.82, 2.24) is 15.1 Å². The number of methoxy groups -OCH3 is 2. The Balaban J connectivity index is 1.73. The number of hydrogen-bond donors (Lipinski definition) is 1. The average Bonchev–Trinajstić information content (AvgIpc) is 2.53. The lowest BCUT2D eigenvalue weighted by molar-refractivity contribution is 0.154. The second-order valence-corrected chi connectivity index (χ2v) is 5.54. The van der Waals surface area contributed by atoms with Crippen molar-refractivity contribution in [1.29, 1.82) is 0 Å². The van der Waals surface area contributed by atoms with E-state index in [4.69, 9.17) is 9.47 Å². The summed E-state index contributed by atoms with van der Waals surface area (Å²) in [6, 6.07) is 5.99. The van der Waals surface area contributed by atoms with E-state index in [1.165, 1.54) is 31.7 Å². The van der Waals surface area contributed by atoms with Gasteiger partial charge in [0.25, 0.3) is 0 Å². The third kappa shape index (κ3) is 5.19. The van der Waals surface area contributed by atoms with Crippen molar-refractivity contribution in [3.8, 4) is 11.5 Å². The molecule has 5 heteroatoms. The zero-order valence-corrected chi connectivity index (χ0v) is 13.4. The quantitative estimate of drug-likeness (QED) is 0.760. The van der Waals surface area contributed by atoms with E-state index in [2.05, 4.69) is 22.2 Å². The summed E-state index contributed by atoms with van der Waals surface area (Å²) in [4.78, 5) is 4.89. The van der Waals surface area contributed by atoms with E-state index in [1.807, 2.05) is 18.2 Å². The summed E-state index contributed by atoms with van der Waals surface area (Å²) in [6.45, 7) is 7.63. The zero-order valence-electron chi connectivity index (χ0n) is 13.4. The first-order valence-corrected chi connectivity index (χ1v) is 7.55. The van der Waals surface area contributed by atoms with Crippen LogP contribution < -0.4 is 14.8 Å². The highest BCUT2D eigenvalue weighted by molar-refractivity contribution is 5.38. The maximum Gasteiger partial charge on any atom is 0.122 e. The Kier molecular flexibility index (Phi) is 6.29. The Morgan fingerprint density at radius 3 is 2.19 bits per heavy atom. The number of benzene rings is 1. The molecule has 0 saturated carbocycles. The summed E-state index contributed by atoms with van der Waals surface area (Å²) in [5, 5.41) is 3.50. The van der Waals surface area contributed by atoms with E-state index in [-0.39, 0.29) is 0 Å². The van der Waals surface area contributed by atoms with Gasteiger partial charge in [0, 0.05) is 51.9 Å². The van der Waals surface area contributed by atoms with Crippen LogP contribution in [0.5, 0.6) is 11.5 Å². The van der Waals surface area contributed by atoms with Crippen molar-refractivity contribution in [3.63, 3.8) is 0 Å². The number of nitrogens with one attached hydrogen (secondary N) is 1. The van der Waals surface area contributed by atoms with Gasteiger partial charge in [-0.2, -0.15) is 0 Å². The molecule has 0 bridgehead atoms. The summed E-state index contributed by atoms with van der Waals surface area (Å²) < 4.78 is 10.6. The largest absolute Gasteiger partial charge is 0.497 e. The Labute approximate surface area is 127 Å². The van der Waals surface area contributed by atoms with E-state index in [0.29, 0.717) is 0 Å². The monoisotopic (exact) mass is 293 g/mol. The molecule has 0 spiro atoms. The molecule has 1 heterocycles. The standard InChI is InChI=1S/C16H27N3O2/c1-18-6-8-19(9-7-18)5-4-17-13-14-10-15(20-2)12-16(11-14)21-3/h10-12,17H,4-9,13H2,1-3H3. The molecule has 2 rings (SSSR count). The van der Waals surface area contributed by atoms with Crippen LogP contribution in [0, 0.1) is 0 Å². The molecule has 1 fully saturated rings. The Bertz CT molecular complexity index is 409. The predicted octanol–water partition coefficient (Wildman–Crippen LogP) is 1.04. The van der Waals surface area contributed by atoms with Crippen molar-refractivity contribution < 1.29 is 9.47 Å². The van der Waals surface area contributed by atoms with Crippen LogP contribution in [0.1, 0.15) is 5.56 Å². The maximum absolute atomic E-state index is 5.29. The smallest absolute Gasteiger partial charge is 0.122 e. The number of rotatable bonds is 7. The van der Waals surface area contributed by atoms with Gasteiger partial charge in [-0.25, -0.2) is 0 Å². The molecule has 1 N–H and O–H groups in total. The van der Waals surface area contributed by atoms with Gasteiger partial charge in [0.2, 0.25) is 0 Å². The highest BCUT2D eigenvalue weighted by atomic mass is 16.5. The molecular formula is C16H27N3O2. The Morgan fingerprint density at radius 2 is 1.62 bits per heavy atom. The Hall–Kier alpha value is -1.30. The number of piperazine rings is 1. The fourth-order valence-electron chi connectivity index (χ4n) is 2.51. The van der Waals surface area contributed by atoms with Gasteiger partial charge < -0.3 is 19.7 Å². The van der Waals surface area contributed by atoms with E-state index < -0.39 is 0 Å². The summed E-state index contributed by atoms with van der Waals surface area (Å²) in [7, 11) is 5.55. The fraction of sp³-hybridized carbons (Fsp3) is 0.625. The summed E-state index contributed by atoms with van der Waals surface area (Å²) >= 11 is 0. The predicted molar refractivity (Wildman–Crippen MR) is 85.2 cm³/mol. The first-order valence-electron chi connectivity index (χ1n) is 7.55. The van der Waals surface area contributed by atoms with Gasteiger partial charge in [-0.15, -0.1) is 0 Å². The lowest BCUT2D eigenvalue weighted by Crippen LogP contribution is -2.46. The fourth-order valence-corrected chi connectivity index (χ4v) is 2.51. The van der Waals surface area contributed by atoms with Crippen LogP contribution in [0.15, 0.2) is 18.2 Å². The minimum atomic E-state index is 0.835. The summed E-state index contributed by atoms with van der Waals surface area (Å²) in [5.41, 5.74) is 1.18. The lowest BCUT2D eigenvalue weighted by atomic mass is 10.2. The molecule has 5 nitrogen and oxygen atoms in total. The summed E-state index contributed by atoms with van der Waals surface area (Å²) in [5.74, 6) is 1.68. The summed E-state index contributed by atoms with van der Waals surface area (Å²) in [6.07, 6.45) is 0. The molecule has 1 saturated heterocycles. The van der Waals surface area contributed by atoms with Crippen LogP contribution >= 0.6 is 0 Å². The van der Waals surface area contributed by atoms with Gasteiger partial charge in [-0.1, -0.05) is 0 Å². The zero-order chi connectivity index (χ0) is 15.1. The molecular weight excluding hydrogens is 266 g/mol. The molecule has 1 aromatic carbocycles. The second-order valence-electron chi connectivity index (χ2n) is 5.54. The van der Waals surface area contributed by atoms with Crippen LogP contribution in [0.2, 0.25) is 0 Å². The number of ether oxygens (including phenoxy) is 2. The van der Waals surface area contributed by atoms with E-state index in [0.717, 1.165) is 31.1 Å². The van der Waals surface area contributed by atoms with E-state index >= 15 is 0 Å². The van der Waals surface area contributed by atoms with Crippen molar-refractivity contribution in [3.05, 3.63) is 23.8 Å². The lowest BCUT2D eigenvalue weighted by Gasteiger charge is -2.32. The van der Waals surface area contributed by atoms with Crippen LogP contribution in [-0.4, -0.2) is 70.3 Å². The van der Waals surface area contributed by atoms with Gasteiger partial charge >= 0.3 is 0 Å². The molecule has 21 heavy (non-hydrogen) atoms. The highest BCUT2D eigenvalue weighted by Crippen LogP contribution is 2.22. The number of likely N-dealkylation sites (N-methyl/N-ethyl adjacent to an activating group) is 1. The second kappa shape index (κ2) is 8.22. The molecule has 1 aliphatic rings. The van der Waals surface area contributed by atoms with Crippen LogP contribution in [-0.2, 0) is 6.54 Å². The van der Waals surface area contributed by atoms with Crippen LogP contribution in [0.4, 0.5) is 0 Å². The first-order chi connectivity index (χ1) is 10.2. The van der Waals surface area contributed by atoms with Gasteiger partial charge in [-0.05, 0) is 24.7 Å². The van der Waals surface area contributed by atoms with Crippen LogP contribution in [0.3, 0.4) is 0 Å². The molecule has 0 amide bonds. The van der Waals surface area contributed by atoms with Gasteiger partial charge in [-0.3, -0.25) is 4.90 Å². The van der Waals surface area contributed by atoms with Crippen molar-refractivity contribution >= 4 is 0 Å². The molecule has 118 valence electrons. The molecule has 0 aliphatic carbocycles. The Morgan fingerprint density at radius 1 is 1.00 bits per heavy atom. The maximum atomic E-state index is 5.29.